The summed E-state index contributed by atoms with van der Waals surface area (Å²) in [5.74, 6) is 2.22. The van der Waals surface area contributed by atoms with Gasteiger partial charge in [0.2, 0.25) is 0 Å². The van der Waals surface area contributed by atoms with Gasteiger partial charge in [-0.2, -0.15) is 0 Å². The lowest BCUT2D eigenvalue weighted by Gasteiger charge is -2.39. The van der Waals surface area contributed by atoms with Crippen molar-refractivity contribution in [2.24, 2.45) is 5.92 Å². The molecule has 3 atom stereocenters. The van der Waals surface area contributed by atoms with Crippen molar-refractivity contribution in [3.63, 3.8) is 0 Å². The Balaban J connectivity index is 1.26. The first-order valence-electron chi connectivity index (χ1n) is 11.1. The van der Waals surface area contributed by atoms with Gasteiger partial charge in [-0.05, 0) is 43.2 Å². The van der Waals surface area contributed by atoms with Gasteiger partial charge in [0.25, 0.3) is 0 Å². The second-order valence-corrected chi connectivity index (χ2v) is 9.91. The van der Waals surface area contributed by atoms with E-state index in [9.17, 15) is 4.79 Å². The van der Waals surface area contributed by atoms with Gasteiger partial charge in [-0.1, -0.05) is 49.4 Å². The molecule has 3 aliphatic heterocycles. The van der Waals surface area contributed by atoms with Gasteiger partial charge in [-0.15, -0.1) is 11.8 Å². The van der Waals surface area contributed by atoms with Crippen LogP contribution in [0.25, 0.3) is 0 Å². The molecule has 0 aromatic heterocycles. The van der Waals surface area contributed by atoms with Crippen molar-refractivity contribution in [2.45, 2.75) is 43.0 Å². The minimum atomic E-state index is 0.0797. The molecule has 1 saturated heterocycles. The van der Waals surface area contributed by atoms with E-state index in [4.69, 9.17) is 0 Å². The Morgan fingerprint density at radius 3 is 2.86 bits per heavy atom. The molecule has 0 saturated carbocycles. The summed E-state index contributed by atoms with van der Waals surface area (Å²) in [5, 5.41) is 0. The molecule has 3 aliphatic rings. The molecule has 2 aromatic carbocycles. The molecule has 3 nitrogen and oxygen atoms in total. The highest BCUT2D eigenvalue weighted by Crippen LogP contribution is 2.50. The fraction of sp³-hybridized carbons (Fsp3) is 0.480. The van der Waals surface area contributed by atoms with Crippen LogP contribution in [0.2, 0.25) is 0 Å². The van der Waals surface area contributed by atoms with Crippen molar-refractivity contribution in [3.05, 3.63) is 59.7 Å². The number of carbonyl (C=O) groups is 1. The Morgan fingerprint density at radius 2 is 2.00 bits per heavy atom. The molecular weight excluding hydrogens is 376 g/mol. The third kappa shape index (κ3) is 3.62. The number of benzene rings is 2. The molecule has 4 heteroatoms. The molecule has 3 heterocycles. The lowest BCUT2D eigenvalue weighted by molar-refractivity contribution is 0.0907. The molecule has 0 bridgehead atoms. The number of fused-ring (bicyclic) bond motifs is 3. The first-order valence-corrected chi connectivity index (χ1v) is 12.0. The summed E-state index contributed by atoms with van der Waals surface area (Å²) in [6.07, 6.45) is 3.47. The Bertz CT molecular complexity index is 884. The number of carbonyl (C=O) groups excluding carboxylic acids is 1. The number of anilines is 1. The lowest BCUT2D eigenvalue weighted by atomic mass is 9.88. The van der Waals surface area contributed by atoms with E-state index in [1.165, 1.54) is 30.0 Å². The first kappa shape index (κ1) is 19.2. The zero-order chi connectivity index (χ0) is 19.8. The average molecular weight is 407 g/mol. The van der Waals surface area contributed by atoms with Crippen LogP contribution >= 0.6 is 11.8 Å². The van der Waals surface area contributed by atoms with E-state index in [1.54, 1.807) is 11.3 Å². The predicted molar refractivity (Wildman–Crippen MR) is 121 cm³/mol. The lowest BCUT2D eigenvalue weighted by Crippen LogP contribution is -2.47. The normalized spacial score (nSPS) is 24.5. The molecule has 5 rings (SSSR count). The van der Waals surface area contributed by atoms with Crippen LogP contribution in [0.5, 0.6) is 0 Å². The minimum Gasteiger partial charge on any atom is -0.367 e. The number of piperidine rings is 1. The van der Waals surface area contributed by atoms with Crippen LogP contribution < -0.4 is 4.90 Å². The van der Waals surface area contributed by atoms with E-state index in [0.717, 1.165) is 31.6 Å². The van der Waals surface area contributed by atoms with Crippen molar-refractivity contribution >= 4 is 23.2 Å². The Kier molecular flexibility index (Phi) is 5.40. The molecule has 2 aromatic rings. The maximum Gasteiger partial charge on any atom is 0.165 e. The van der Waals surface area contributed by atoms with Crippen molar-refractivity contribution in [1.29, 1.82) is 0 Å². The monoisotopic (exact) mass is 406 g/mol. The zero-order valence-electron chi connectivity index (χ0n) is 17.2. The van der Waals surface area contributed by atoms with Crippen LogP contribution in [0.1, 0.15) is 48.0 Å². The zero-order valence-corrected chi connectivity index (χ0v) is 18.0. The highest BCUT2D eigenvalue weighted by atomic mass is 32.2. The van der Waals surface area contributed by atoms with E-state index >= 15 is 0 Å². The Labute approximate surface area is 178 Å². The van der Waals surface area contributed by atoms with E-state index in [-0.39, 0.29) is 11.7 Å². The van der Waals surface area contributed by atoms with E-state index < -0.39 is 0 Å². The van der Waals surface area contributed by atoms with E-state index in [1.807, 2.05) is 42.1 Å². The van der Waals surface area contributed by atoms with Gasteiger partial charge in [-0.3, -0.25) is 4.79 Å². The highest BCUT2D eigenvalue weighted by molar-refractivity contribution is 7.99. The van der Waals surface area contributed by atoms with Crippen LogP contribution in [0, 0.1) is 5.92 Å². The van der Waals surface area contributed by atoms with E-state index in [0.29, 0.717) is 12.0 Å². The minimum absolute atomic E-state index is 0.0797. The summed E-state index contributed by atoms with van der Waals surface area (Å²) in [4.78, 5) is 19.5. The number of thioether (sulfide) groups is 1. The quantitative estimate of drug-likeness (QED) is 0.647. The van der Waals surface area contributed by atoms with Gasteiger partial charge in [0.05, 0.1) is 5.69 Å². The van der Waals surface area contributed by atoms with Gasteiger partial charge in [0.1, 0.15) is 0 Å². The summed E-state index contributed by atoms with van der Waals surface area (Å²) in [5.41, 5.74) is 3.96. The Hall–Kier alpha value is -1.78. The fourth-order valence-corrected chi connectivity index (χ4v) is 6.45. The highest BCUT2D eigenvalue weighted by Gasteiger charge is 2.43. The number of Topliss-reactive ketones (excluding diaryl/α,β-unsaturated/α-hetero) is 1. The third-order valence-electron chi connectivity index (χ3n) is 6.96. The second kappa shape index (κ2) is 8.16. The van der Waals surface area contributed by atoms with Crippen LogP contribution in [0.4, 0.5) is 5.69 Å². The molecule has 0 N–H and O–H groups in total. The molecule has 0 spiro atoms. The smallest absolute Gasteiger partial charge is 0.165 e. The molecule has 0 amide bonds. The van der Waals surface area contributed by atoms with Crippen molar-refractivity contribution in [3.8, 4) is 0 Å². The maximum absolute atomic E-state index is 12.7. The van der Waals surface area contributed by atoms with Crippen LogP contribution in [-0.4, -0.2) is 48.7 Å². The Morgan fingerprint density at radius 1 is 1.14 bits per heavy atom. The number of nitrogens with zero attached hydrogens (tertiary/aromatic N) is 2. The van der Waals surface area contributed by atoms with E-state index in [2.05, 4.69) is 34.9 Å². The van der Waals surface area contributed by atoms with Gasteiger partial charge < -0.3 is 9.80 Å². The molecule has 3 unspecified atom stereocenters. The summed E-state index contributed by atoms with van der Waals surface area (Å²) < 4.78 is 0. The number of ketones is 1. The summed E-state index contributed by atoms with van der Waals surface area (Å²) >= 11 is 2.04. The predicted octanol–water partition coefficient (Wildman–Crippen LogP) is 5.07. The third-order valence-corrected chi connectivity index (χ3v) is 8.10. The van der Waals surface area contributed by atoms with Gasteiger partial charge in [-0.25, -0.2) is 0 Å². The number of likely N-dealkylation sites (tertiary alicyclic amines) is 1. The number of rotatable bonds is 5. The number of hydrogen-bond donors (Lipinski definition) is 0. The standard InChI is InChI=1S/C25H30N2OS/c1-18(25(28)19-7-3-2-4-8-19)11-14-26-15-12-22-21(17-26)20-9-5-10-23-24(20)27(22)13-6-16-29-23/h2-5,7-10,18,21-22H,6,11-17H2,1H3. The molecule has 0 radical (unpaired) electrons. The van der Waals surface area contributed by atoms with Crippen LogP contribution in [-0.2, 0) is 0 Å². The average Bonchev–Trinajstić information content (AvgIpc) is 2.92. The fourth-order valence-electron chi connectivity index (χ4n) is 5.41. The maximum atomic E-state index is 12.7. The van der Waals surface area contributed by atoms with Gasteiger partial charge in [0.15, 0.2) is 5.78 Å². The molecular formula is C25H30N2OS. The molecule has 1 fully saturated rings. The van der Waals surface area contributed by atoms with Gasteiger partial charge in [0, 0.05) is 48.0 Å². The number of para-hydroxylation sites is 1. The van der Waals surface area contributed by atoms with Crippen molar-refractivity contribution in [1.82, 2.24) is 4.90 Å². The topological polar surface area (TPSA) is 23.6 Å². The molecule has 152 valence electrons. The molecule has 0 aliphatic carbocycles. The van der Waals surface area contributed by atoms with Crippen LogP contribution in [0.15, 0.2) is 53.4 Å². The second-order valence-electron chi connectivity index (χ2n) is 8.77. The summed E-state index contributed by atoms with van der Waals surface area (Å²) in [6.45, 7) is 6.60. The summed E-state index contributed by atoms with van der Waals surface area (Å²) in [6, 6.07) is 17.4. The summed E-state index contributed by atoms with van der Waals surface area (Å²) in [7, 11) is 0. The molecule has 29 heavy (non-hydrogen) atoms. The SMILES string of the molecule is CC(CCN1CCC2C(C1)c1cccc3c1N2CCCS3)C(=O)c1ccccc1. The largest absolute Gasteiger partial charge is 0.367 e. The number of hydrogen-bond acceptors (Lipinski definition) is 4. The van der Waals surface area contributed by atoms with Gasteiger partial charge >= 0.3 is 0 Å². The first-order chi connectivity index (χ1) is 14.2. The van der Waals surface area contributed by atoms with Crippen LogP contribution in [0.3, 0.4) is 0 Å². The van der Waals surface area contributed by atoms with Crippen molar-refractivity contribution in [2.75, 3.05) is 36.8 Å². The van der Waals surface area contributed by atoms with Crippen molar-refractivity contribution < 1.29 is 4.79 Å².